The molecule has 2 unspecified atom stereocenters. The van der Waals surface area contributed by atoms with Gasteiger partial charge in [0.1, 0.15) is 11.3 Å². The summed E-state index contributed by atoms with van der Waals surface area (Å²) in [5, 5.41) is 1.79. The molecule has 5 nitrogen and oxygen atoms in total. The Morgan fingerprint density at radius 2 is 1.85 bits per heavy atom. The summed E-state index contributed by atoms with van der Waals surface area (Å²) in [6.45, 7) is 6.06. The minimum absolute atomic E-state index is 0.0933. The zero-order valence-corrected chi connectivity index (χ0v) is 16.9. The Labute approximate surface area is 162 Å². The van der Waals surface area contributed by atoms with E-state index in [0.717, 1.165) is 44.7 Å². The summed E-state index contributed by atoms with van der Waals surface area (Å²) in [5.74, 6) is 2.59. The average molecular weight is 385 g/mol. The second-order valence-corrected chi connectivity index (χ2v) is 8.53. The van der Waals surface area contributed by atoms with Gasteiger partial charge in [0.2, 0.25) is 0 Å². The summed E-state index contributed by atoms with van der Waals surface area (Å²) in [7, 11) is 3.30. The molecular formula is C21H24N2O3S. The highest BCUT2D eigenvalue weighted by atomic mass is 32.1. The van der Waals surface area contributed by atoms with Gasteiger partial charge in [-0.05, 0) is 36.5 Å². The number of likely N-dealkylation sites (tertiary alicyclic amines) is 1. The minimum Gasteiger partial charge on any atom is -0.495 e. The van der Waals surface area contributed by atoms with Crippen LogP contribution in [0.15, 0.2) is 24.4 Å². The van der Waals surface area contributed by atoms with Crippen LogP contribution in [0.2, 0.25) is 0 Å². The lowest BCUT2D eigenvalue weighted by Gasteiger charge is -2.34. The van der Waals surface area contributed by atoms with Crippen molar-refractivity contribution in [3.63, 3.8) is 0 Å². The van der Waals surface area contributed by atoms with Crippen LogP contribution in [0.5, 0.6) is 11.5 Å². The lowest BCUT2D eigenvalue weighted by molar-refractivity contribution is 0.0628. The van der Waals surface area contributed by atoms with Crippen molar-refractivity contribution in [2.45, 2.75) is 20.3 Å². The summed E-state index contributed by atoms with van der Waals surface area (Å²) in [6, 6.07) is 5.79. The van der Waals surface area contributed by atoms with Gasteiger partial charge in [-0.25, -0.2) is 0 Å². The summed E-state index contributed by atoms with van der Waals surface area (Å²) < 4.78 is 12.3. The Kier molecular flexibility index (Phi) is 4.68. The Hall–Kier alpha value is -2.34. The predicted octanol–water partition coefficient (Wildman–Crippen LogP) is 4.58. The maximum absolute atomic E-state index is 13.2. The van der Waals surface area contributed by atoms with Gasteiger partial charge in [0.15, 0.2) is 5.75 Å². The number of thiophene rings is 1. The molecule has 0 aliphatic carbocycles. The highest BCUT2D eigenvalue weighted by Crippen LogP contribution is 2.45. The molecule has 0 N–H and O–H groups in total. The third kappa shape index (κ3) is 3.02. The third-order valence-electron chi connectivity index (χ3n) is 5.23. The normalized spacial score (nSPS) is 20.2. The standard InChI is InChI=1S/C21H24N2O3S/c1-12-8-13(2)11-23(10-12)21(24)16-9-15-18(25-3)14-6-5-7-22-17(14)19(26-4)20(15)27-16/h5-7,9,12-13H,8,10-11H2,1-4H3. The van der Waals surface area contributed by atoms with Crippen molar-refractivity contribution in [2.24, 2.45) is 11.8 Å². The van der Waals surface area contributed by atoms with Crippen molar-refractivity contribution >= 4 is 38.2 Å². The van der Waals surface area contributed by atoms with Crippen LogP contribution in [0.1, 0.15) is 29.9 Å². The SMILES string of the molecule is COc1c2cccnc2c(OC)c2sc(C(=O)N3CC(C)CC(C)C3)cc12. The van der Waals surface area contributed by atoms with Crippen LogP contribution in [0.3, 0.4) is 0 Å². The molecule has 0 bridgehead atoms. The van der Waals surface area contributed by atoms with Gasteiger partial charge in [0.05, 0.1) is 23.8 Å². The number of rotatable bonds is 3. The molecule has 0 spiro atoms. The molecule has 2 atom stereocenters. The molecule has 3 aromatic rings. The Morgan fingerprint density at radius 1 is 1.15 bits per heavy atom. The van der Waals surface area contributed by atoms with E-state index < -0.39 is 0 Å². The van der Waals surface area contributed by atoms with Crippen molar-refractivity contribution in [3.8, 4) is 11.5 Å². The van der Waals surface area contributed by atoms with E-state index in [2.05, 4.69) is 18.8 Å². The molecule has 0 saturated carbocycles. The Balaban J connectivity index is 1.86. The molecule has 3 heterocycles. The summed E-state index contributed by atoms with van der Waals surface area (Å²) in [5.41, 5.74) is 0.755. The fraction of sp³-hybridized carbons (Fsp3) is 0.429. The number of carbonyl (C=O) groups is 1. The molecule has 1 aliphatic rings. The number of hydrogen-bond donors (Lipinski definition) is 0. The van der Waals surface area contributed by atoms with E-state index >= 15 is 0 Å². The van der Waals surface area contributed by atoms with E-state index in [9.17, 15) is 4.79 Å². The topological polar surface area (TPSA) is 51.7 Å². The van der Waals surface area contributed by atoms with Gasteiger partial charge in [0, 0.05) is 30.1 Å². The number of aromatic nitrogens is 1. The van der Waals surface area contributed by atoms with Crippen LogP contribution in [0.4, 0.5) is 0 Å². The van der Waals surface area contributed by atoms with Crippen LogP contribution in [-0.2, 0) is 0 Å². The van der Waals surface area contributed by atoms with E-state index in [-0.39, 0.29) is 5.91 Å². The van der Waals surface area contributed by atoms with Crippen LogP contribution in [0.25, 0.3) is 21.0 Å². The second-order valence-electron chi connectivity index (χ2n) is 7.48. The molecule has 1 amide bonds. The third-order valence-corrected chi connectivity index (χ3v) is 6.35. The monoisotopic (exact) mass is 384 g/mol. The molecule has 27 heavy (non-hydrogen) atoms. The van der Waals surface area contributed by atoms with Gasteiger partial charge in [-0.15, -0.1) is 11.3 Å². The van der Waals surface area contributed by atoms with Gasteiger partial charge < -0.3 is 14.4 Å². The average Bonchev–Trinajstić information content (AvgIpc) is 3.09. The van der Waals surface area contributed by atoms with Crippen LogP contribution < -0.4 is 9.47 Å². The summed E-state index contributed by atoms with van der Waals surface area (Å²) in [6.07, 6.45) is 2.92. The van der Waals surface area contributed by atoms with Gasteiger partial charge in [-0.3, -0.25) is 9.78 Å². The Morgan fingerprint density at radius 3 is 2.52 bits per heavy atom. The summed E-state index contributed by atoms with van der Waals surface area (Å²) >= 11 is 1.46. The van der Waals surface area contributed by atoms with Crippen LogP contribution >= 0.6 is 11.3 Å². The number of fused-ring (bicyclic) bond motifs is 2. The molecular weight excluding hydrogens is 360 g/mol. The number of hydrogen-bond acceptors (Lipinski definition) is 5. The van der Waals surface area contributed by atoms with E-state index in [1.807, 2.05) is 23.1 Å². The van der Waals surface area contributed by atoms with Crippen molar-refractivity contribution in [2.75, 3.05) is 27.3 Å². The minimum atomic E-state index is 0.0933. The molecule has 2 aromatic heterocycles. The fourth-order valence-corrected chi connectivity index (χ4v) is 5.40. The number of piperidine rings is 1. The van der Waals surface area contributed by atoms with Gasteiger partial charge in [-0.2, -0.15) is 0 Å². The zero-order valence-electron chi connectivity index (χ0n) is 16.1. The number of ether oxygens (including phenoxy) is 2. The van der Waals surface area contributed by atoms with Crippen molar-refractivity contribution < 1.29 is 14.3 Å². The van der Waals surface area contributed by atoms with Gasteiger partial charge in [0.25, 0.3) is 5.91 Å². The zero-order chi connectivity index (χ0) is 19.1. The van der Waals surface area contributed by atoms with E-state index in [4.69, 9.17) is 9.47 Å². The smallest absolute Gasteiger partial charge is 0.263 e. The fourth-order valence-electron chi connectivity index (χ4n) is 4.25. The first-order valence-electron chi connectivity index (χ1n) is 9.25. The first kappa shape index (κ1) is 18.0. The number of benzene rings is 1. The van der Waals surface area contributed by atoms with Gasteiger partial charge >= 0.3 is 0 Å². The highest BCUT2D eigenvalue weighted by Gasteiger charge is 2.28. The molecule has 0 radical (unpaired) electrons. The number of pyridine rings is 1. The number of nitrogens with zero attached hydrogens (tertiary/aromatic N) is 2. The molecule has 6 heteroatoms. The van der Waals surface area contributed by atoms with Crippen LogP contribution in [-0.4, -0.2) is 43.1 Å². The second kappa shape index (κ2) is 7.00. The maximum atomic E-state index is 13.2. The predicted molar refractivity (Wildman–Crippen MR) is 109 cm³/mol. The largest absolute Gasteiger partial charge is 0.495 e. The first-order valence-corrected chi connectivity index (χ1v) is 10.1. The molecule has 1 saturated heterocycles. The van der Waals surface area contributed by atoms with Crippen molar-refractivity contribution in [1.29, 1.82) is 0 Å². The molecule has 1 aliphatic heterocycles. The number of amides is 1. The Bertz CT molecular complexity index is 943. The molecule has 142 valence electrons. The lowest BCUT2D eigenvalue weighted by atomic mass is 9.92. The van der Waals surface area contributed by atoms with E-state index in [1.54, 1.807) is 20.4 Å². The quantitative estimate of drug-likeness (QED) is 0.663. The highest BCUT2D eigenvalue weighted by molar-refractivity contribution is 7.21. The lowest BCUT2D eigenvalue weighted by Crippen LogP contribution is -2.42. The van der Waals surface area contributed by atoms with Crippen molar-refractivity contribution in [3.05, 3.63) is 29.3 Å². The maximum Gasteiger partial charge on any atom is 0.263 e. The number of carbonyl (C=O) groups excluding carboxylic acids is 1. The molecule has 1 aromatic carbocycles. The van der Waals surface area contributed by atoms with E-state index in [1.165, 1.54) is 17.8 Å². The van der Waals surface area contributed by atoms with Crippen LogP contribution in [0, 0.1) is 11.8 Å². The molecule has 4 rings (SSSR count). The van der Waals surface area contributed by atoms with E-state index in [0.29, 0.717) is 17.6 Å². The summed E-state index contributed by atoms with van der Waals surface area (Å²) in [4.78, 5) is 20.4. The number of methoxy groups -OCH3 is 2. The molecule has 1 fully saturated rings. The van der Waals surface area contributed by atoms with Crippen molar-refractivity contribution in [1.82, 2.24) is 9.88 Å². The van der Waals surface area contributed by atoms with Gasteiger partial charge in [-0.1, -0.05) is 13.8 Å². The first-order chi connectivity index (χ1) is 13.0.